The molecule has 20 heavy (non-hydrogen) atoms. The number of amides is 1. The number of hydrogen-bond acceptors (Lipinski definition) is 4. The Kier molecular flexibility index (Phi) is 7.54. The Bertz CT molecular complexity index is 485. The van der Waals surface area contributed by atoms with Gasteiger partial charge in [0.2, 0.25) is 5.91 Å². The third-order valence-corrected chi connectivity index (χ3v) is 4.00. The lowest BCUT2D eigenvalue weighted by Crippen LogP contribution is -2.36. The van der Waals surface area contributed by atoms with Gasteiger partial charge in [-0.2, -0.15) is 0 Å². The molecule has 0 aliphatic carbocycles. The van der Waals surface area contributed by atoms with Crippen molar-refractivity contribution in [3.8, 4) is 0 Å². The van der Waals surface area contributed by atoms with Crippen LogP contribution in [0.3, 0.4) is 0 Å². The van der Waals surface area contributed by atoms with E-state index in [1.807, 2.05) is 19.1 Å². The molecule has 0 fully saturated rings. The van der Waals surface area contributed by atoms with Crippen LogP contribution in [0.25, 0.3) is 6.08 Å². The number of ether oxygens (including phenoxy) is 1. The summed E-state index contributed by atoms with van der Waals surface area (Å²) in [6.45, 7) is 4.57. The molecule has 0 unspecified atom stereocenters. The number of halogens is 1. The third kappa shape index (κ3) is 5.88. The van der Waals surface area contributed by atoms with Gasteiger partial charge < -0.3 is 9.64 Å². The van der Waals surface area contributed by atoms with E-state index in [-0.39, 0.29) is 18.4 Å². The summed E-state index contributed by atoms with van der Waals surface area (Å²) >= 11 is 4.92. The van der Waals surface area contributed by atoms with E-state index < -0.39 is 0 Å². The molecule has 0 N–H and O–H groups in total. The zero-order valence-electron chi connectivity index (χ0n) is 11.6. The molecule has 0 atom stereocenters. The lowest BCUT2D eigenvalue weighted by Gasteiger charge is -2.19. The summed E-state index contributed by atoms with van der Waals surface area (Å²) in [5.41, 5.74) is 0. The van der Waals surface area contributed by atoms with Crippen molar-refractivity contribution >= 4 is 45.2 Å². The van der Waals surface area contributed by atoms with Gasteiger partial charge in [-0.15, -0.1) is 11.3 Å². The number of carbonyl (C=O) groups excluding carboxylic acids is 2. The quantitative estimate of drug-likeness (QED) is 0.554. The molecule has 0 aliphatic heterocycles. The molecule has 1 aromatic heterocycles. The molecule has 4 nitrogen and oxygen atoms in total. The topological polar surface area (TPSA) is 46.6 Å². The van der Waals surface area contributed by atoms with Gasteiger partial charge in [0.1, 0.15) is 6.54 Å². The average molecular weight is 360 g/mol. The highest BCUT2D eigenvalue weighted by Crippen LogP contribution is 2.23. The van der Waals surface area contributed by atoms with Gasteiger partial charge in [-0.3, -0.25) is 9.59 Å². The van der Waals surface area contributed by atoms with E-state index in [0.29, 0.717) is 13.2 Å². The molecule has 0 saturated heterocycles. The Morgan fingerprint density at radius 3 is 2.70 bits per heavy atom. The maximum absolute atomic E-state index is 12.1. The van der Waals surface area contributed by atoms with Crippen molar-refractivity contribution in [2.45, 2.75) is 20.3 Å². The van der Waals surface area contributed by atoms with Gasteiger partial charge in [0, 0.05) is 17.5 Å². The molecule has 1 aromatic rings. The fraction of sp³-hybridized carbons (Fsp3) is 0.429. The van der Waals surface area contributed by atoms with E-state index in [9.17, 15) is 9.59 Å². The molecule has 1 amide bonds. The lowest BCUT2D eigenvalue weighted by molar-refractivity contribution is -0.147. The first kappa shape index (κ1) is 16.9. The predicted octanol–water partition coefficient (Wildman–Crippen LogP) is 3.33. The molecule has 0 radical (unpaired) electrons. The monoisotopic (exact) mass is 359 g/mol. The van der Waals surface area contributed by atoms with Gasteiger partial charge in [-0.1, -0.05) is 6.92 Å². The Morgan fingerprint density at radius 1 is 1.40 bits per heavy atom. The van der Waals surface area contributed by atoms with Crippen LogP contribution < -0.4 is 0 Å². The smallest absolute Gasteiger partial charge is 0.325 e. The maximum Gasteiger partial charge on any atom is 0.325 e. The molecule has 6 heteroatoms. The molecule has 0 bridgehead atoms. The second-order valence-electron chi connectivity index (χ2n) is 4.04. The first-order chi connectivity index (χ1) is 9.56. The summed E-state index contributed by atoms with van der Waals surface area (Å²) in [5, 5.41) is 0. The molecule has 1 heterocycles. The van der Waals surface area contributed by atoms with E-state index in [2.05, 4.69) is 15.9 Å². The van der Waals surface area contributed by atoms with E-state index in [0.717, 1.165) is 15.1 Å². The highest BCUT2D eigenvalue weighted by atomic mass is 79.9. The number of thiophene rings is 1. The van der Waals surface area contributed by atoms with Crippen LogP contribution in [0.2, 0.25) is 0 Å². The summed E-state index contributed by atoms with van der Waals surface area (Å²) in [6.07, 6.45) is 4.04. The van der Waals surface area contributed by atoms with Crippen molar-refractivity contribution in [3.05, 3.63) is 26.9 Å². The van der Waals surface area contributed by atoms with Crippen LogP contribution in [0.4, 0.5) is 0 Å². The summed E-state index contributed by atoms with van der Waals surface area (Å²) < 4.78 is 5.89. The number of rotatable bonds is 7. The largest absolute Gasteiger partial charge is 0.465 e. The summed E-state index contributed by atoms with van der Waals surface area (Å²) in [5.74, 6) is -0.550. The molecule has 0 spiro atoms. The Morgan fingerprint density at radius 2 is 2.15 bits per heavy atom. The summed E-state index contributed by atoms with van der Waals surface area (Å²) in [7, 11) is 0. The highest BCUT2D eigenvalue weighted by Gasteiger charge is 2.14. The minimum Gasteiger partial charge on any atom is -0.465 e. The molecular formula is C14H18BrNO3S. The highest BCUT2D eigenvalue weighted by molar-refractivity contribution is 9.11. The number of hydrogen-bond donors (Lipinski definition) is 0. The summed E-state index contributed by atoms with van der Waals surface area (Å²) in [6, 6.07) is 3.85. The van der Waals surface area contributed by atoms with E-state index in [1.165, 1.54) is 11.0 Å². The molecule has 110 valence electrons. The minimum atomic E-state index is -0.374. The standard InChI is InChI=1S/C14H18BrNO3S/c1-3-9-16(10-14(18)19-4-2)13(17)8-6-11-5-7-12(15)20-11/h5-8H,3-4,9-10H2,1-2H3/b8-6+. The van der Waals surface area contributed by atoms with Crippen LogP contribution >= 0.6 is 27.3 Å². The zero-order valence-corrected chi connectivity index (χ0v) is 14.0. The fourth-order valence-corrected chi connectivity index (χ4v) is 2.90. The second kappa shape index (κ2) is 8.92. The van der Waals surface area contributed by atoms with Crippen LogP contribution in [0, 0.1) is 0 Å². The molecule has 1 rings (SSSR count). The first-order valence-corrected chi connectivity index (χ1v) is 8.05. The number of carbonyl (C=O) groups is 2. The average Bonchev–Trinajstić information content (AvgIpc) is 2.81. The van der Waals surface area contributed by atoms with Crippen molar-refractivity contribution in [2.24, 2.45) is 0 Å². The normalized spacial score (nSPS) is 10.8. The first-order valence-electron chi connectivity index (χ1n) is 6.44. The Balaban J connectivity index is 2.63. The van der Waals surface area contributed by atoms with Gasteiger partial charge in [0.25, 0.3) is 0 Å². The van der Waals surface area contributed by atoms with Crippen LogP contribution in [-0.2, 0) is 14.3 Å². The predicted molar refractivity (Wildman–Crippen MR) is 84.6 cm³/mol. The van der Waals surface area contributed by atoms with Crippen molar-refractivity contribution < 1.29 is 14.3 Å². The van der Waals surface area contributed by atoms with Gasteiger partial charge in [-0.05, 0) is 47.5 Å². The number of esters is 1. The van der Waals surface area contributed by atoms with Crippen LogP contribution in [0.1, 0.15) is 25.1 Å². The van der Waals surface area contributed by atoms with Crippen LogP contribution in [-0.4, -0.2) is 36.5 Å². The zero-order chi connectivity index (χ0) is 15.0. The van der Waals surface area contributed by atoms with E-state index >= 15 is 0 Å². The van der Waals surface area contributed by atoms with Crippen LogP contribution in [0.15, 0.2) is 22.0 Å². The third-order valence-electron chi connectivity index (χ3n) is 2.41. The van der Waals surface area contributed by atoms with Crippen molar-refractivity contribution in [1.82, 2.24) is 4.90 Å². The van der Waals surface area contributed by atoms with Crippen molar-refractivity contribution in [2.75, 3.05) is 19.7 Å². The van der Waals surface area contributed by atoms with Gasteiger partial charge in [-0.25, -0.2) is 0 Å². The minimum absolute atomic E-state index is 0.00100. The molecule has 0 saturated carbocycles. The van der Waals surface area contributed by atoms with E-state index in [1.54, 1.807) is 24.3 Å². The number of nitrogens with zero attached hydrogens (tertiary/aromatic N) is 1. The maximum atomic E-state index is 12.1. The fourth-order valence-electron chi connectivity index (χ4n) is 1.58. The Hall–Kier alpha value is -1.14. The molecule has 0 aromatic carbocycles. The van der Waals surface area contributed by atoms with E-state index in [4.69, 9.17) is 4.74 Å². The molecule has 0 aliphatic rings. The SMILES string of the molecule is CCCN(CC(=O)OCC)C(=O)/C=C/c1ccc(Br)s1. The lowest BCUT2D eigenvalue weighted by atomic mass is 10.3. The van der Waals surface area contributed by atoms with Gasteiger partial charge >= 0.3 is 5.97 Å². The second-order valence-corrected chi connectivity index (χ2v) is 6.53. The summed E-state index contributed by atoms with van der Waals surface area (Å²) in [4.78, 5) is 26.0. The van der Waals surface area contributed by atoms with Gasteiger partial charge in [0.05, 0.1) is 10.4 Å². The van der Waals surface area contributed by atoms with Crippen LogP contribution in [0.5, 0.6) is 0 Å². The van der Waals surface area contributed by atoms with Crippen molar-refractivity contribution in [3.63, 3.8) is 0 Å². The van der Waals surface area contributed by atoms with Crippen molar-refractivity contribution in [1.29, 1.82) is 0 Å². The van der Waals surface area contributed by atoms with Gasteiger partial charge in [0.15, 0.2) is 0 Å². The molecular weight excluding hydrogens is 342 g/mol. The Labute approximate surface area is 131 Å².